The van der Waals surface area contributed by atoms with Gasteiger partial charge in [-0.2, -0.15) is 4.37 Å². The highest BCUT2D eigenvalue weighted by molar-refractivity contribution is 7.09. The van der Waals surface area contributed by atoms with Crippen LogP contribution >= 0.6 is 11.5 Å². The molecule has 0 bridgehead atoms. The van der Waals surface area contributed by atoms with Crippen LogP contribution in [0.3, 0.4) is 0 Å². The monoisotopic (exact) mass is 213 g/mol. The van der Waals surface area contributed by atoms with E-state index in [0.717, 1.165) is 31.3 Å². The minimum Gasteiger partial charge on any atom is -0.381 e. The standard InChI is InChI=1S/C9H15N3OS/c1-7-5-13-3-2-8(7)4-10-9-11-6-12-14-9/h6-8H,2-5H2,1H3,(H,10,11,12). The molecule has 0 aliphatic carbocycles. The molecule has 1 aliphatic heterocycles. The first-order chi connectivity index (χ1) is 6.86. The number of nitrogens with zero attached hydrogens (tertiary/aromatic N) is 2. The highest BCUT2D eigenvalue weighted by Gasteiger charge is 2.21. The number of anilines is 1. The minimum absolute atomic E-state index is 0.643. The van der Waals surface area contributed by atoms with Crippen LogP contribution in [0.2, 0.25) is 0 Å². The van der Waals surface area contributed by atoms with Gasteiger partial charge in [0.05, 0.1) is 0 Å². The van der Waals surface area contributed by atoms with Crippen LogP contribution in [0.1, 0.15) is 13.3 Å². The van der Waals surface area contributed by atoms with Gasteiger partial charge in [-0.25, -0.2) is 4.98 Å². The van der Waals surface area contributed by atoms with Gasteiger partial charge >= 0.3 is 0 Å². The number of rotatable bonds is 3. The molecule has 1 aromatic heterocycles. The maximum atomic E-state index is 5.40. The molecule has 1 aromatic rings. The van der Waals surface area contributed by atoms with Gasteiger partial charge in [0.25, 0.3) is 0 Å². The summed E-state index contributed by atoms with van der Waals surface area (Å²) in [6.07, 6.45) is 2.73. The number of hydrogen-bond acceptors (Lipinski definition) is 5. The fourth-order valence-electron chi connectivity index (χ4n) is 1.70. The highest BCUT2D eigenvalue weighted by Crippen LogP contribution is 2.21. The molecule has 4 nitrogen and oxygen atoms in total. The summed E-state index contributed by atoms with van der Waals surface area (Å²) < 4.78 is 9.34. The molecule has 1 saturated heterocycles. The Morgan fingerprint density at radius 3 is 3.36 bits per heavy atom. The number of hydrogen-bond donors (Lipinski definition) is 1. The van der Waals surface area contributed by atoms with E-state index in [9.17, 15) is 0 Å². The normalized spacial score (nSPS) is 27.5. The Labute approximate surface area is 87.9 Å². The van der Waals surface area contributed by atoms with Gasteiger partial charge in [0.15, 0.2) is 0 Å². The van der Waals surface area contributed by atoms with Gasteiger partial charge in [-0.05, 0) is 18.3 Å². The molecular weight excluding hydrogens is 198 g/mol. The molecule has 0 spiro atoms. The third-order valence-electron chi connectivity index (χ3n) is 2.70. The Kier molecular flexibility index (Phi) is 3.31. The summed E-state index contributed by atoms with van der Waals surface area (Å²) in [4.78, 5) is 4.09. The second-order valence-corrected chi connectivity index (χ2v) is 4.51. The Morgan fingerprint density at radius 2 is 2.64 bits per heavy atom. The van der Waals surface area contributed by atoms with Gasteiger partial charge in [-0.1, -0.05) is 6.92 Å². The molecule has 0 saturated carbocycles. The summed E-state index contributed by atoms with van der Waals surface area (Å²) in [5.74, 6) is 1.34. The smallest absolute Gasteiger partial charge is 0.202 e. The molecule has 2 rings (SSSR count). The topological polar surface area (TPSA) is 47.0 Å². The van der Waals surface area contributed by atoms with E-state index in [1.807, 2.05) is 0 Å². The van der Waals surface area contributed by atoms with E-state index in [2.05, 4.69) is 21.6 Å². The van der Waals surface area contributed by atoms with Gasteiger partial charge in [0.1, 0.15) is 6.33 Å². The summed E-state index contributed by atoms with van der Waals surface area (Å²) in [6, 6.07) is 0. The Bertz CT molecular complexity index is 265. The van der Waals surface area contributed by atoms with Crippen LogP contribution in [0, 0.1) is 11.8 Å². The molecule has 14 heavy (non-hydrogen) atoms. The van der Waals surface area contributed by atoms with Crippen molar-refractivity contribution >= 4 is 16.7 Å². The first-order valence-electron chi connectivity index (χ1n) is 4.94. The van der Waals surface area contributed by atoms with Gasteiger partial charge in [-0.15, -0.1) is 0 Å². The summed E-state index contributed by atoms with van der Waals surface area (Å²) >= 11 is 1.41. The highest BCUT2D eigenvalue weighted by atomic mass is 32.1. The van der Waals surface area contributed by atoms with Crippen molar-refractivity contribution in [1.82, 2.24) is 9.36 Å². The SMILES string of the molecule is CC1COCCC1CNc1ncns1. The van der Waals surface area contributed by atoms with Crippen molar-refractivity contribution in [3.8, 4) is 0 Å². The van der Waals surface area contributed by atoms with E-state index >= 15 is 0 Å². The molecule has 0 aromatic carbocycles. The number of nitrogens with one attached hydrogen (secondary N) is 1. The van der Waals surface area contributed by atoms with Crippen LogP contribution in [-0.2, 0) is 4.74 Å². The van der Waals surface area contributed by atoms with Gasteiger partial charge in [0.2, 0.25) is 5.13 Å². The average molecular weight is 213 g/mol. The lowest BCUT2D eigenvalue weighted by atomic mass is 9.90. The quantitative estimate of drug-likeness (QED) is 0.829. The predicted molar refractivity (Wildman–Crippen MR) is 56.5 cm³/mol. The molecule has 2 atom stereocenters. The second-order valence-electron chi connectivity index (χ2n) is 3.73. The molecule has 0 radical (unpaired) electrons. The first-order valence-corrected chi connectivity index (χ1v) is 5.72. The van der Waals surface area contributed by atoms with E-state index in [1.165, 1.54) is 11.5 Å². The molecule has 1 aliphatic rings. The van der Waals surface area contributed by atoms with E-state index in [-0.39, 0.29) is 0 Å². The lowest BCUT2D eigenvalue weighted by molar-refractivity contribution is 0.0285. The maximum absolute atomic E-state index is 5.40. The third kappa shape index (κ3) is 2.42. The van der Waals surface area contributed by atoms with E-state index in [1.54, 1.807) is 6.33 Å². The molecule has 78 valence electrons. The Balaban J connectivity index is 1.79. The van der Waals surface area contributed by atoms with Crippen molar-refractivity contribution in [1.29, 1.82) is 0 Å². The third-order valence-corrected chi connectivity index (χ3v) is 3.32. The molecule has 0 amide bonds. The summed E-state index contributed by atoms with van der Waals surface area (Å²) in [5.41, 5.74) is 0. The summed E-state index contributed by atoms with van der Waals surface area (Å²) in [6.45, 7) is 5.01. The second kappa shape index (κ2) is 4.70. The summed E-state index contributed by atoms with van der Waals surface area (Å²) in [7, 11) is 0. The molecule has 2 heterocycles. The van der Waals surface area contributed by atoms with Crippen molar-refractivity contribution in [3.05, 3.63) is 6.33 Å². The maximum Gasteiger partial charge on any atom is 0.202 e. The van der Waals surface area contributed by atoms with Crippen molar-refractivity contribution in [2.24, 2.45) is 11.8 Å². The van der Waals surface area contributed by atoms with Crippen molar-refractivity contribution in [2.75, 3.05) is 25.1 Å². The van der Waals surface area contributed by atoms with Crippen LogP contribution in [0.15, 0.2) is 6.33 Å². The minimum atomic E-state index is 0.643. The van der Waals surface area contributed by atoms with E-state index in [0.29, 0.717) is 11.8 Å². The Morgan fingerprint density at radius 1 is 1.71 bits per heavy atom. The Hall–Kier alpha value is -0.680. The fourth-order valence-corrected chi connectivity index (χ4v) is 2.13. The van der Waals surface area contributed by atoms with Gasteiger partial charge in [-0.3, -0.25) is 0 Å². The van der Waals surface area contributed by atoms with E-state index < -0.39 is 0 Å². The van der Waals surface area contributed by atoms with Gasteiger partial charge in [0, 0.05) is 31.3 Å². The largest absolute Gasteiger partial charge is 0.381 e. The van der Waals surface area contributed by atoms with E-state index in [4.69, 9.17) is 4.74 Å². The lowest BCUT2D eigenvalue weighted by Crippen LogP contribution is -2.30. The molecule has 1 N–H and O–H groups in total. The van der Waals surface area contributed by atoms with Crippen molar-refractivity contribution < 1.29 is 4.74 Å². The van der Waals surface area contributed by atoms with Crippen LogP contribution in [0.25, 0.3) is 0 Å². The van der Waals surface area contributed by atoms with Crippen LogP contribution in [0.5, 0.6) is 0 Å². The zero-order chi connectivity index (χ0) is 9.80. The summed E-state index contributed by atoms with van der Waals surface area (Å²) in [5, 5.41) is 4.23. The fraction of sp³-hybridized carbons (Fsp3) is 0.778. The van der Waals surface area contributed by atoms with Crippen molar-refractivity contribution in [3.63, 3.8) is 0 Å². The van der Waals surface area contributed by atoms with Gasteiger partial charge < -0.3 is 10.1 Å². The molecule has 1 fully saturated rings. The molecule has 5 heteroatoms. The van der Waals surface area contributed by atoms with Crippen LogP contribution in [0.4, 0.5) is 5.13 Å². The first kappa shape index (κ1) is 9.86. The number of ether oxygens (including phenoxy) is 1. The predicted octanol–water partition coefficient (Wildman–Crippen LogP) is 1.62. The zero-order valence-electron chi connectivity index (χ0n) is 8.27. The average Bonchev–Trinajstić information content (AvgIpc) is 2.69. The lowest BCUT2D eigenvalue weighted by Gasteiger charge is -2.28. The van der Waals surface area contributed by atoms with Crippen molar-refractivity contribution in [2.45, 2.75) is 13.3 Å². The zero-order valence-corrected chi connectivity index (χ0v) is 9.09. The van der Waals surface area contributed by atoms with Crippen LogP contribution in [-0.4, -0.2) is 29.1 Å². The number of aromatic nitrogens is 2. The molecular formula is C9H15N3OS. The molecule has 2 unspecified atom stereocenters. The van der Waals surface area contributed by atoms with Crippen LogP contribution < -0.4 is 5.32 Å².